The summed E-state index contributed by atoms with van der Waals surface area (Å²) in [4.78, 5) is 4.34. The third-order valence-electron chi connectivity index (χ3n) is 3.49. The average molecular weight is 264 g/mol. The van der Waals surface area contributed by atoms with Crippen molar-refractivity contribution in [1.82, 2.24) is 9.80 Å². The molecule has 1 aromatic rings. The molecule has 4 nitrogen and oxygen atoms in total. The SMILES string of the molecule is CCCCCCN1CN(C)C=C1C(O)c1ccco1. The van der Waals surface area contributed by atoms with Crippen LogP contribution in [-0.4, -0.2) is 35.2 Å². The first-order chi connectivity index (χ1) is 9.22. The number of aliphatic hydroxyl groups is 1. The van der Waals surface area contributed by atoms with Crippen LogP contribution in [0.25, 0.3) is 0 Å². The molecule has 0 radical (unpaired) electrons. The van der Waals surface area contributed by atoms with Crippen LogP contribution in [0.15, 0.2) is 34.7 Å². The minimum atomic E-state index is -0.661. The molecule has 106 valence electrons. The maximum atomic E-state index is 10.4. The van der Waals surface area contributed by atoms with E-state index in [1.165, 1.54) is 25.7 Å². The van der Waals surface area contributed by atoms with Crippen molar-refractivity contribution in [2.75, 3.05) is 20.3 Å². The Balaban J connectivity index is 1.94. The molecule has 1 aliphatic rings. The van der Waals surface area contributed by atoms with Crippen molar-refractivity contribution in [3.05, 3.63) is 36.1 Å². The Morgan fingerprint density at radius 3 is 2.89 bits per heavy atom. The lowest BCUT2D eigenvalue weighted by molar-refractivity contribution is 0.142. The Morgan fingerprint density at radius 1 is 1.37 bits per heavy atom. The number of hydrogen-bond acceptors (Lipinski definition) is 4. The molecule has 1 aliphatic heterocycles. The fraction of sp³-hybridized carbons (Fsp3) is 0.600. The molecule has 19 heavy (non-hydrogen) atoms. The highest BCUT2D eigenvalue weighted by Gasteiger charge is 2.26. The van der Waals surface area contributed by atoms with E-state index in [-0.39, 0.29) is 0 Å². The Morgan fingerprint density at radius 2 is 2.21 bits per heavy atom. The highest BCUT2D eigenvalue weighted by Crippen LogP contribution is 2.29. The van der Waals surface area contributed by atoms with Gasteiger partial charge in [-0.1, -0.05) is 26.2 Å². The third kappa shape index (κ3) is 3.53. The molecule has 1 N–H and O–H groups in total. The van der Waals surface area contributed by atoms with Gasteiger partial charge in [-0.25, -0.2) is 0 Å². The van der Waals surface area contributed by atoms with Crippen LogP contribution < -0.4 is 0 Å². The minimum absolute atomic E-state index is 0.611. The summed E-state index contributed by atoms with van der Waals surface area (Å²) in [5.41, 5.74) is 0.939. The first-order valence-corrected chi connectivity index (χ1v) is 7.10. The number of aliphatic hydroxyl groups excluding tert-OH is 1. The summed E-state index contributed by atoms with van der Waals surface area (Å²) in [7, 11) is 2.03. The largest absolute Gasteiger partial charge is 0.466 e. The molecule has 0 aliphatic carbocycles. The van der Waals surface area contributed by atoms with Gasteiger partial charge in [0.25, 0.3) is 0 Å². The predicted octanol–water partition coefficient (Wildman–Crippen LogP) is 2.94. The summed E-state index contributed by atoms with van der Waals surface area (Å²) in [5.74, 6) is 0.611. The van der Waals surface area contributed by atoms with Crippen molar-refractivity contribution in [2.24, 2.45) is 0 Å². The van der Waals surface area contributed by atoms with Gasteiger partial charge in [-0.05, 0) is 18.6 Å². The summed E-state index contributed by atoms with van der Waals surface area (Å²) < 4.78 is 5.30. The number of hydrogen-bond donors (Lipinski definition) is 1. The van der Waals surface area contributed by atoms with E-state index >= 15 is 0 Å². The first-order valence-electron chi connectivity index (χ1n) is 7.10. The van der Waals surface area contributed by atoms with E-state index < -0.39 is 6.10 Å². The Kier molecular flexibility index (Phi) is 4.91. The molecule has 2 rings (SSSR count). The zero-order valence-electron chi connectivity index (χ0n) is 11.9. The summed E-state index contributed by atoms with van der Waals surface area (Å²) in [6.45, 7) is 4.06. The number of nitrogens with zero attached hydrogens (tertiary/aromatic N) is 2. The Labute approximate surface area is 115 Å². The normalized spacial score (nSPS) is 16.9. The van der Waals surface area contributed by atoms with Gasteiger partial charge in [0.15, 0.2) is 6.10 Å². The van der Waals surface area contributed by atoms with Crippen LogP contribution in [0, 0.1) is 0 Å². The van der Waals surface area contributed by atoms with Gasteiger partial charge in [-0.15, -0.1) is 0 Å². The first kappa shape index (κ1) is 14.0. The summed E-state index contributed by atoms with van der Waals surface area (Å²) in [6.07, 6.45) is 7.90. The van der Waals surface area contributed by atoms with Gasteiger partial charge >= 0.3 is 0 Å². The summed E-state index contributed by atoms with van der Waals surface area (Å²) in [6, 6.07) is 3.63. The van der Waals surface area contributed by atoms with Crippen LogP contribution in [0.2, 0.25) is 0 Å². The minimum Gasteiger partial charge on any atom is -0.466 e. The van der Waals surface area contributed by atoms with Crippen molar-refractivity contribution < 1.29 is 9.52 Å². The average Bonchev–Trinajstić information content (AvgIpc) is 3.03. The molecule has 0 spiro atoms. The van der Waals surface area contributed by atoms with Crippen molar-refractivity contribution in [3.8, 4) is 0 Å². The fourth-order valence-electron chi connectivity index (χ4n) is 2.46. The van der Waals surface area contributed by atoms with Gasteiger partial charge in [-0.3, -0.25) is 0 Å². The predicted molar refractivity (Wildman–Crippen MR) is 75.2 cm³/mol. The molecule has 1 aromatic heterocycles. The van der Waals surface area contributed by atoms with Crippen molar-refractivity contribution in [1.29, 1.82) is 0 Å². The van der Waals surface area contributed by atoms with Crippen LogP contribution in [0.1, 0.15) is 44.5 Å². The monoisotopic (exact) mass is 264 g/mol. The maximum absolute atomic E-state index is 10.4. The topological polar surface area (TPSA) is 39.9 Å². The molecule has 0 fully saturated rings. The van der Waals surface area contributed by atoms with E-state index in [0.29, 0.717) is 5.76 Å². The highest BCUT2D eigenvalue weighted by molar-refractivity contribution is 5.19. The Hall–Kier alpha value is -1.42. The van der Waals surface area contributed by atoms with Crippen molar-refractivity contribution in [2.45, 2.75) is 38.7 Å². The van der Waals surface area contributed by atoms with Crippen LogP contribution in [0.5, 0.6) is 0 Å². The number of unbranched alkanes of at least 4 members (excludes halogenated alkanes) is 3. The quantitative estimate of drug-likeness (QED) is 0.769. The highest BCUT2D eigenvalue weighted by atomic mass is 16.4. The maximum Gasteiger partial charge on any atom is 0.153 e. The lowest BCUT2D eigenvalue weighted by Gasteiger charge is -2.24. The van der Waals surface area contributed by atoms with Gasteiger partial charge in [0.05, 0.1) is 18.6 Å². The molecule has 2 heterocycles. The lowest BCUT2D eigenvalue weighted by atomic mass is 10.1. The van der Waals surface area contributed by atoms with Gasteiger partial charge in [-0.2, -0.15) is 0 Å². The number of rotatable bonds is 7. The van der Waals surface area contributed by atoms with E-state index in [4.69, 9.17) is 4.42 Å². The van der Waals surface area contributed by atoms with E-state index in [9.17, 15) is 5.11 Å². The Bertz CT molecular complexity index is 400. The molecule has 1 unspecified atom stereocenters. The van der Waals surface area contributed by atoms with E-state index in [1.54, 1.807) is 6.26 Å². The number of furan rings is 1. The van der Waals surface area contributed by atoms with E-state index in [0.717, 1.165) is 18.9 Å². The van der Waals surface area contributed by atoms with E-state index in [2.05, 4.69) is 16.7 Å². The molecule has 0 aromatic carbocycles. The second-order valence-electron chi connectivity index (χ2n) is 5.19. The molecule has 1 atom stereocenters. The third-order valence-corrected chi connectivity index (χ3v) is 3.49. The fourth-order valence-corrected chi connectivity index (χ4v) is 2.46. The zero-order valence-corrected chi connectivity index (χ0v) is 11.9. The molecule has 0 amide bonds. The van der Waals surface area contributed by atoms with Crippen LogP contribution in [0.4, 0.5) is 0 Å². The van der Waals surface area contributed by atoms with Gasteiger partial charge < -0.3 is 19.3 Å². The molecule has 4 heteroatoms. The lowest BCUT2D eigenvalue weighted by Crippen LogP contribution is -2.28. The van der Waals surface area contributed by atoms with Gasteiger partial charge in [0, 0.05) is 19.8 Å². The second-order valence-corrected chi connectivity index (χ2v) is 5.19. The summed E-state index contributed by atoms with van der Waals surface area (Å²) in [5, 5.41) is 10.4. The van der Waals surface area contributed by atoms with Gasteiger partial charge in [0.1, 0.15) is 5.76 Å². The van der Waals surface area contributed by atoms with E-state index in [1.807, 2.05) is 25.4 Å². The molecule has 0 saturated heterocycles. The molecule has 0 saturated carbocycles. The van der Waals surface area contributed by atoms with Crippen molar-refractivity contribution in [3.63, 3.8) is 0 Å². The summed E-state index contributed by atoms with van der Waals surface area (Å²) >= 11 is 0. The molecule has 0 bridgehead atoms. The van der Waals surface area contributed by atoms with Gasteiger partial charge in [0.2, 0.25) is 0 Å². The second kappa shape index (κ2) is 6.66. The standard InChI is InChI=1S/C15H24N2O2/c1-3-4-5-6-9-17-12-16(2)11-13(17)15(18)14-8-7-10-19-14/h7-8,10-11,15,18H,3-6,9,12H2,1-2H3. The molecular weight excluding hydrogens is 240 g/mol. The zero-order chi connectivity index (χ0) is 13.7. The van der Waals surface area contributed by atoms with Crippen LogP contribution >= 0.6 is 0 Å². The van der Waals surface area contributed by atoms with Crippen LogP contribution in [-0.2, 0) is 0 Å². The van der Waals surface area contributed by atoms with Crippen LogP contribution in [0.3, 0.4) is 0 Å². The van der Waals surface area contributed by atoms with Crippen molar-refractivity contribution >= 4 is 0 Å². The molecular formula is C15H24N2O2. The smallest absolute Gasteiger partial charge is 0.153 e.